The standard InChI is InChI=1S/C31H38FNO3/c1-4-33(24-27-11-7-8-12-31(27)32)19-9-5-6-10-20-36-28-17-15-25(16-18-28)13-14-26-21-29(34-2)23-30(22-26)35-3/h7-8,11-18,21-23H,4-6,9-10,19-20,24H2,1-3H3/b14-13+. The molecule has 0 aliphatic heterocycles. The highest BCUT2D eigenvalue weighted by Crippen LogP contribution is 2.24. The third-order valence-corrected chi connectivity index (χ3v) is 6.16. The van der Waals surface area contributed by atoms with Gasteiger partial charge in [0.15, 0.2) is 0 Å². The average Bonchev–Trinajstić information content (AvgIpc) is 2.92. The fourth-order valence-electron chi connectivity index (χ4n) is 3.99. The molecule has 0 spiro atoms. The second-order valence-corrected chi connectivity index (χ2v) is 8.77. The summed E-state index contributed by atoms with van der Waals surface area (Å²) in [6, 6.07) is 21.0. The lowest BCUT2D eigenvalue weighted by molar-refractivity contribution is 0.264. The molecule has 0 saturated heterocycles. The van der Waals surface area contributed by atoms with Crippen molar-refractivity contribution >= 4 is 12.2 Å². The number of rotatable bonds is 15. The van der Waals surface area contributed by atoms with Crippen molar-refractivity contribution in [3.8, 4) is 17.2 Å². The van der Waals surface area contributed by atoms with Gasteiger partial charge in [0, 0.05) is 18.2 Å². The van der Waals surface area contributed by atoms with Gasteiger partial charge in [-0.2, -0.15) is 0 Å². The third-order valence-electron chi connectivity index (χ3n) is 6.16. The highest BCUT2D eigenvalue weighted by Gasteiger charge is 2.07. The van der Waals surface area contributed by atoms with E-state index in [1.807, 2.05) is 48.5 Å². The van der Waals surface area contributed by atoms with Crippen molar-refractivity contribution in [2.45, 2.75) is 39.2 Å². The molecule has 0 saturated carbocycles. The molecule has 4 nitrogen and oxygen atoms in total. The molecule has 0 radical (unpaired) electrons. The largest absolute Gasteiger partial charge is 0.497 e. The maximum absolute atomic E-state index is 13.9. The second kappa shape index (κ2) is 14.9. The van der Waals surface area contributed by atoms with E-state index in [0.717, 1.165) is 72.7 Å². The second-order valence-electron chi connectivity index (χ2n) is 8.77. The summed E-state index contributed by atoms with van der Waals surface area (Å²) >= 11 is 0. The van der Waals surface area contributed by atoms with E-state index < -0.39 is 0 Å². The van der Waals surface area contributed by atoms with Crippen LogP contribution in [0.5, 0.6) is 17.2 Å². The van der Waals surface area contributed by atoms with Crippen molar-refractivity contribution in [2.24, 2.45) is 0 Å². The lowest BCUT2D eigenvalue weighted by Crippen LogP contribution is -2.24. The minimum absolute atomic E-state index is 0.116. The summed E-state index contributed by atoms with van der Waals surface area (Å²) in [5.74, 6) is 2.30. The smallest absolute Gasteiger partial charge is 0.127 e. The molecular weight excluding hydrogens is 453 g/mol. The molecule has 0 aliphatic rings. The lowest BCUT2D eigenvalue weighted by Gasteiger charge is -2.20. The van der Waals surface area contributed by atoms with Gasteiger partial charge in [-0.05, 0) is 67.4 Å². The number of nitrogens with zero attached hydrogens (tertiary/aromatic N) is 1. The lowest BCUT2D eigenvalue weighted by atomic mass is 10.1. The third kappa shape index (κ3) is 9.04. The van der Waals surface area contributed by atoms with E-state index in [4.69, 9.17) is 14.2 Å². The van der Waals surface area contributed by atoms with E-state index in [1.165, 1.54) is 6.07 Å². The molecule has 0 fully saturated rings. The number of hydrogen-bond donors (Lipinski definition) is 0. The van der Waals surface area contributed by atoms with Gasteiger partial charge < -0.3 is 14.2 Å². The minimum atomic E-state index is -0.116. The molecule has 0 unspecified atom stereocenters. The van der Waals surface area contributed by atoms with Crippen LogP contribution in [0.3, 0.4) is 0 Å². The predicted octanol–water partition coefficient (Wildman–Crippen LogP) is 7.47. The molecule has 0 atom stereocenters. The quantitative estimate of drug-likeness (QED) is 0.163. The zero-order valence-electron chi connectivity index (χ0n) is 21.7. The zero-order chi connectivity index (χ0) is 25.6. The van der Waals surface area contributed by atoms with Gasteiger partial charge in [-0.15, -0.1) is 0 Å². The molecule has 192 valence electrons. The Labute approximate surface area is 215 Å². The van der Waals surface area contributed by atoms with Gasteiger partial charge in [0.25, 0.3) is 0 Å². The van der Waals surface area contributed by atoms with E-state index >= 15 is 0 Å². The summed E-state index contributed by atoms with van der Waals surface area (Å²) < 4.78 is 30.5. The molecule has 0 bridgehead atoms. The number of methoxy groups -OCH3 is 2. The summed E-state index contributed by atoms with van der Waals surface area (Å²) in [4.78, 5) is 2.30. The predicted molar refractivity (Wildman–Crippen MR) is 146 cm³/mol. The molecule has 36 heavy (non-hydrogen) atoms. The highest BCUT2D eigenvalue weighted by molar-refractivity contribution is 5.71. The van der Waals surface area contributed by atoms with Gasteiger partial charge in [-0.3, -0.25) is 4.90 Å². The number of ether oxygens (including phenoxy) is 3. The van der Waals surface area contributed by atoms with E-state index in [0.29, 0.717) is 13.2 Å². The van der Waals surface area contributed by atoms with E-state index in [1.54, 1.807) is 20.3 Å². The van der Waals surface area contributed by atoms with Gasteiger partial charge in [-0.1, -0.05) is 62.2 Å². The van der Waals surface area contributed by atoms with Gasteiger partial charge >= 0.3 is 0 Å². The topological polar surface area (TPSA) is 30.9 Å². The summed E-state index contributed by atoms with van der Waals surface area (Å²) in [5, 5.41) is 0. The van der Waals surface area contributed by atoms with Crippen LogP contribution >= 0.6 is 0 Å². The molecule has 3 aromatic rings. The number of hydrogen-bond acceptors (Lipinski definition) is 4. The Morgan fingerprint density at radius 2 is 1.42 bits per heavy atom. The number of halogens is 1. The molecule has 3 rings (SSSR count). The van der Waals surface area contributed by atoms with Crippen LogP contribution in [0.15, 0.2) is 66.7 Å². The first-order valence-corrected chi connectivity index (χ1v) is 12.7. The summed E-state index contributed by atoms with van der Waals surface area (Å²) in [5.41, 5.74) is 2.88. The van der Waals surface area contributed by atoms with Crippen molar-refractivity contribution in [3.63, 3.8) is 0 Å². The maximum Gasteiger partial charge on any atom is 0.127 e. The molecule has 0 N–H and O–H groups in total. The van der Waals surface area contributed by atoms with Crippen LogP contribution in [0.2, 0.25) is 0 Å². The van der Waals surface area contributed by atoms with E-state index in [9.17, 15) is 4.39 Å². The van der Waals surface area contributed by atoms with Crippen LogP contribution in [0, 0.1) is 5.82 Å². The number of unbranched alkanes of at least 4 members (excludes halogenated alkanes) is 3. The maximum atomic E-state index is 13.9. The van der Waals surface area contributed by atoms with Crippen molar-refractivity contribution in [1.29, 1.82) is 0 Å². The van der Waals surface area contributed by atoms with Crippen molar-refractivity contribution in [1.82, 2.24) is 4.90 Å². The van der Waals surface area contributed by atoms with Crippen molar-refractivity contribution < 1.29 is 18.6 Å². The average molecular weight is 492 g/mol. The normalized spacial score (nSPS) is 11.2. The molecular formula is C31H38FNO3. The first-order chi connectivity index (χ1) is 17.6. The summed E-state index contributed by atoms with van der Waals surface area (Å²) in [6.45, 7) is 5.43. The van der Waals surface area contributed by atoms with Crippen molar-refractivity contribution in [3.05, 3.63) is 89.2 Å². The van der Waals surface area contributed by atoms with Gasteiger partial charge in [-0.25, -0.2) is 4.39 Å². The number of benzene rings is 3. The zero-order valence-corrected chi connectivity index (χ0v) is 21.7. The Hall–Kier alpha value is -3.31. The Balaban J connectivity index is 1.33. The van der Waals surface area contributed by atoms with Gasteiger partial charge in [0.2, 0.25) is 0 Å². The summed E-state index contributed by atoms with van der Waals surface area (Å²) in [6.07, 6.45) is 8.51. The molecule has 5 heteroatoms. The minimum Gasteiger partial charge on any atom is -0.497 e. The summed E-state index contributed by atoms with van der Waals surface area (Å²) in [7, 11) is 3.30. The Kier molecular flexibility index (Phi) is 11.3. The SMILES string of the molecule is CCN(CCCCCCOc1ccc(/C=C/c2cc(OC)cc(OC)c2)cc1)Cc1ccccc1F. The Morgan fingerprint density at radius 1 is 0.750 bits per heavy atom. The first kappa shape index (κ1) is 27.3. The van der Waals surface area contributed by atoms with Crippen LogP contribution < -0.4 is 14.2 Å². The van der Waals surface area contributed by atoms with Crippen LogP contribution in [0.1, 0.15) is 49.3 Å². The van der Waals surface area contributed by atoms with E-state index in [-0.39, 0.29) is 5.82 Å². The van der Waals surface area contributed by atoms with Gasteiger partial charge in [0.05, 0.1) is 20.8 Å². The van der Waals surface area contributed by atoms with Crippen LogP contribution in [0.25, 0.3) is 12.2 Å². The van der Waals surface area contributed by atoms with Crippen LogP contribution in [-0.2, 0) is 6.54 Å². The first-order valence-electron chi connectivity index (χ1n) is 12.7. The highest BCUT2D eigenvalue weighted by atomic mass is 19.1. The molecule has 0 amide bonds. The molecule has 0 aromatic heterocycles. The van der Waals surface area contributed by atoms with Crippen molar-refractivity contribution in [2.75, 3.05) is 33.9 Å². The molecule has 0 heterocycles. The van der Waals surface area contributed by atoms with Crippen LogP contribution in [-0.4, -0.2) is 38.8 Å². The van der Waals surface area contributed by atoms with Gasteiger partial charge in [0.1, 0.15) is 23.1 Å². The molecule has 0 aliphatic carbocycles. The Bertz CT molecular complexity index is 1060. The molecule has 3 aromatic carbocycles. The Morgan fingerprint density at radius 3 is 2.08 bits per heavy atom. The fourth-order valence-corrected chi connectivity index (χ4v) is 3.99. The fraction of sp³-hybridized carbons (Fsp3) is 0.355. The van der Waals surface area contributed by atoms with Crippen LogP contribution in [0.4, 0.5) is 4.39 Å². The monoisotopic (exact) mass is 491 g/mol. The van der Waals surface area contributed by atoms with E-state index in [2.05, 4.69) is 30.0 Å².